The SMILES string of the molecule is CC(C)(C)c1cc(-c2cccc3c2oc2c4c5ccccc5n5c6cccc(-c7cc(C(C)(C)C)cc(C(C)(C)C)c7)c6oc(c6c7ccccc7n3c26)c45)cc(C(C)(C)C)c1. The molecule has 0 radical (unpaired) electrons. The minimum Gasteiger partial charge on any atom is -0.452 e. The normalized spacial score (nSPS) is 13.5. The van der Waals surface area contributed by atoms with Gasteiger partial charge in [0.05, 0.1) is 32.8 Å². The summed E-state index contributed by atoms with van der Waals surface area (Å²) in [6.45, 7) is 27.6. The molecule has 11 rings (SSSR count). The molecule has 0 spiro atoms. The van der Waals surface area contributed by atoms with Gasteiger partial charge < -0.3 is 17.6 Å². The summed E-state index contributed by atoms with van der Waals surface area (Å²) in [6, 6.07) is 45.2. The lowest BCUT2D eigenvalue weighted by Crippen LogP contribution is -2.16. The fraction of sp³-hybridized carbons (Fsp3) is 0.276. The second-order valence-corrected chi connectivity index (χ2v) is 21.9. The van der Waals surface area contributed by atoms with Gasteiger partial charge in [-0.3, -0.25) is 0 Å². The first-order valence-corrected chi connectivity index (χ1v) is 22.3. The van der Waals surface area contributed by atoms with Crippen molar-refractivity contribution in [2.45, 2.75) is 105 Å². The number of aromatic nitrogens is 2. The van der Waals surface area contributed by atoms with E-state index in [1.54, 1.807) is 0 Å². The molecule has 4 nitrogen and oxygen atoms in total. The number of fused-ring (bicyclic) bond motifs is 12. The van der Waals surface area contributed by atoms with Crippen LogP contribution in [-0.4, -0.2) is 8.80 Å². The van der Waals surface area contributed by atoms with Crippen molar-refractivity contribution >= 4 is 77.0 Å². The second-order valence-electron chi connectivity index (χ2n) is 21.9. The van der Waals surface area contributed by atoms with E-state index >= 15 is 0 Å². The van der Waals surface area contributed by atoms with E-state index in [0.29, 0.717) is 0 Å². The molecule has 0 saturated carbocycles. The Morgan fingerprint density at radius 3 is 1.00 bits per heavy atom. The predicted molar refractivity (Wildman–Crippen MR) is 264 cm³/mol. The van der Waals surface area contributed by atoms with Crippen molar-refractivity contribution in [2.24, 2.45) is 0 Å². The lowest BCUT2D eigenvalue weighted by molar-refractivity contribution is 0.568. The summed E-state index contributed by atoms with van der Waals surface area (Å²) >= 11 is 0. The molecule has 4 heterocycles. The molecular weight excluding hydrogens is 757 g/mol. The molecule has 4 heteroatoms. The molecule has 0 saturated heterocycles. The first-order chi connectivity index (χ1) is 29.3. The van der Waals surface area contributed by atoms with Gasteiger partial charge in [0.25, 0.3) is 0 Å². The van der Waals surface area contributed by atoms with Gasteiger partial charge in [0.1, 0.15) is 11.0 Å². The Balaban J connectivity index is 1.34. The second kappa shape index (κ2) is 12.7. The third-order valence-corrected chi connectivity index (χ3v) is 13.5. The van der Waals surface area contributed by atoms with Gasteiger partial charge >= 0.3 is 0 Å². The number of hydrogen-bond donors (Lipinski definition) is 0. The van der Waals surface area contributed by atoms with Crippen LogP contribution in [0.2, 0.25) is 0 Å². The Bertz CT molecular complexity index is 3350. The quantitative estimate of drug-likeness (QED) is 0.163. The first-order valence-electron chi connectivity index (χ1n) is 22.3. The van der Waals surface area contributed by atoms with Crippen LogP contribution < -0.4 is 0 Å². The van der Waals surface area contributed by atoms with Gasteiger partial charge in [0.2, 0.25) is 0 Å². The fourth-order valence-corrected chi connectivity index (χ4v) is 9.88. The zero-order valence-electron chi connectivity index (χ0n) is 38.3. The molecule has 0 aliphatic heterocycles. The fourth-order valence-electron chi connectivity index (χ4n) is 9.88. The van der Waals surface area contributed by atoms with E-state index in [4.69, 9.17) is 8.83 Å². The van der Waals surface area contributed by atoms with Crippen molar-refractivity contribution < 1.29 is 8.83 Å². The Kier molecular flexibility index (Phi) is 7.89. The Labute approximate surface area is 363 Å². The van der Waals surface area contributed by atoms with Gasteiger partial charge in [-0.2, -0.15) is 0 Å². The number of nitrogens with zero attached hydrogens (tertiary/aromatic N) is 2. The summed E-state index contributed by atoms with van der Waals surface area (Å²) in [6.07, 6.45) is 0. The van der Waals surface area contributed by atoms with Crippen LogP contribution >= 0.6 is 0 Å². The van der Waals surface area contributed by atoms with E-state index in [0.717, 1.165) is 88.1 Å². The lowest BCUT2D eigenvalue weighted by atomic mass is 9.79. The lowest BCUT2D eigenvalue weighted by Gasteiger charge is -2.26. The van der Waals surface area contributed by atoms with E-state index in [1.807, 2.05) is 0 Å². The summed E-state index contributed by atoms with van der Waals surface area (Å²) in [5.74, 6) is 0. The highest BCUT2D eigenvalue weighted by molar-refractivity contribution is 6.35. The smallest absolute Gasteiger partial charge is 0.162 e. The highest BCUT2D eigenvalue weighted by atomic mass is 16.3. The van der Waals surface area contributed by atoms with Crippen LogP contribution in [0.25, 0.3) is 99.2 Å². The molecule has 0 N–H and O–H groups in total. The third kappa shape index (κ3) is 5.58. The molecule has 0 amide bonds. The highest BCUT2D eigenvalue weighted by Crippen LogP contribution is 2.50. The monoisotopic (exact) mass is 812 g/mol. The largest absolute Gasteiger partial charge is 0.452 e. The summed E-state index contributed by atoms with van der Waals surface area (Å²) in [4.78, 5) is 0. The van der Waals surface area contributed by atoms with Crippen LogP contribution in [0.3, 0.4) is 0 Å². The van der Waals surface area contributed by atoms with Crippen LogP contribution in [0.5, 0.6) is 0 Å². The zero-order valence-corrected chi connectivity index (χ0v) is 38.3. The van der Waals surface area contributed by atoms with Gasteiger partial charge in [-0.25, -0.2) is 0 Å². The van der Waals surface area contributed by atoms with Crippen molar-refractivity contribution in [1.82, 2.24) is 8.80 Å². The minimum absolute atomic E-state index is 0.0281. The Morgan fingerprint density at radius 1 is 0.339 bits per heavy atom. The van der Waals surface area contributed by atoms with Crippen molar-refractivity contribution in [3.05, 3.63) is 144 Å². The molecule has 0 aliphatic rings. The van der Waals surface area contributed by atoms with Gasteiger partial charge in [-0.1, -0.05) is 180 Å². The molecule has 4 aromatic heterocycles. The summed E-state index contributed by atoms with van der Waals surface area (Å²) in [5.41, 5.74) is 19.5. The number of para-hydroxylation sites is 4. The van der Waals surface area contributed by atoms with E-state index in [-0.39, 0.29) is 21.7 Å². The van der Waals surface area contributed by atoms with Crippen LogP contribution in [0.15, 0.2) is 130 Å². The van der Waals surface area contributed by atoms with Gasteiger partial charge in [0, 0.05) is 21.9 Å². The molecule has 0 unspecified atom stereocenters. The van der Waals surface area contributed by atoms with Crippen LogP contribution in [-0.2, 0) is 21.7 Å². The number of hydrogen-bond acceptors (Lipinski definition) is 2. The van der Waals surface area contributed by atoms with E-state index in [9.17, 15) is 0 Å². The van der Waals surface area contributed by atoms with E-state index in [1.165, 1.54) is 33.4 Å². The molecule has 11 aromatic rings. The molecule has 62 heavy (non-hydrogen) atoms. The van der Waals surface area contributed by atoms with Crippen LogP contribution in [0.1, 0.15) is 105 Å². The topological polar surface area (TPSA) is 35.1 Å². The predicted octanol–water partition coefficient (Wildman–Crippen LogP) is 16.8. The third-order valence-electron chi connectivity index (χ3n) is 13.5. The summed E-state index contributed by atoms with van der Waals surface area (Å²) in [7, 11) is 0. The Hall–Kier alpha value is -6.26. The summed E-state index contributed by atoms with van der Waals surface area (Å²) in [5, 5.41) is 4.39. The molecule has 310 valence electrons. The maximum Gasteiger partial charge on any atom is 0.162 e. The maximum absolute atomic E-state index is 7.56. The standard InChI is InChI=1S/C58H56N2O2/c1-55(2,3)35-27-33(28-36(31-35)56(4,5)6)39-21-17-25-45-51(39)61-53-47-42-20-14-16-24-44(42)60-46-26-18-22-40(34-29-37(57(7,8)9)32-38(30-34)58(10,11)12)52(46)62-54(50(47)60)48-41-19-13-15-23-43(41)59(45)49(48)53/h13-32H,1-12H3. The van der Waals surface area contributed by atoms with Gasteiger partial charge in [-0.05, 0) is 79.3 Å². The number of rotatable bonds is 2. The zero-order chi connectivity index (χ0) is 43.4. The van der Waals surface area contributed by atoms with E-state index < -0.39 is 0 Å². The average molecular weight is 813 g/mol. The van der Waals surface area contributed by atoms with Crippen molar-refractivity contribution in [3.8, 4) is 22.3 Å². The maximum atomic E-state index is 7.56. The molecular formula is C58H56N2O2. The average Bonchev–Trinajstić information content (AvgIpc) is 3.76. The van der Waals surface area contributed by atoms with Crippen molar-refractivity contribution in [1.29, 1.82) is 0 Å². The van der Waals surface area contributed by atoms with Gasteiger partial charge in [-0.15, -0.1) is 0 Å². The summed E-state index contributed by atoms with van der Waals surface area (Å²) < 4.78 is 20.0. The van der Waals surface area contributed by atoms with Crippen LogP contribution in [0.4, 0.5) is 0 Å². The molecule has 0 aliphatic carbocycles. The molecule has 0 bridgehead atoms. The van der Waals surface area contributed by atoms with E-state index in [2.05, 4.69) is 213 Å². The highest BCUT2D eigenvalue weighted by Gasteiger charge is 2.30. The van der Waals surface area contributed by atoms with Gasteiger partial charge in [0.15, 0.2) is 22.3 Å². The Morgan fingerprint density at radius 2 is 0.661 bits per heavy atom. The number of benzene rings is 7. The van der Waals surface area contributed by atoms with Crippen molar-refractivity contribution in [2.75, 3.05) is 0 Å². The molecule has 7 aromatic carbocycles. The van der Waals surface area contributed by atoms with Crippen LogP contribution in [0, 0.1) is 0 Å². The minimum atomic E-state index is -0.0281. The molecule has 0 fully saturated rings. The molecule has 0 atom stereocenters. The first kappa shape index (κ1) is 38.6. The van der Waals surface area contributed by atoms with Crippen molar-refractivity contribution in [3.63, 3.8) is 0 Å².